The Hall–Kier alpha value is -3.09. The first-order chi connectivity index (χ1) is 13.2. The Morgan fingerprint density at radius 1 is 1.19 bits per heavy atom. The van der Waals surface area contributed by atoms with Crippen LogP contribution in [0.1, 0.15) is 43.5 Å². The fourth-order valence-corrected chi connectivity index (χ4v) is 3.41. The lowest BCUT2D eigenvalue weighted by Gasteiger charge is -2.22. The Labute approximate surface area is 157 Å². The molecular weight excluding hydrogens is 342 g/mol. The first-order valence-electron chi connectivity index (χ1n) is 9.15. The van der Waals surface area contributed by atoms with E-state index >= 15 is 0 Å². The van der Waals surface area contributed by atoms with Crippen LogP contribution in [0.4, 0.5) is 0 Å². The number of hydrogen-bond acceptors (Lipinski definition) is 5. The van der Waals surface area contributed by atoms with Gasteiger partial charge in [-0.2, -0.15) is 5.21 Å². The summed E-state index contributed by atoms with van der Waals surface area (Å²) < 4.78 is 0. The molecule has 0 saturated carbocycles. The van der Waals surface area contributed by atoms with Crippen LogP contribution in [0.15, 0.2) is 48.8 Å². The second-order valence-corrected chi connectivity index (χ2v) is 6.56. The monoisotopic (exact) mass is 365 g/mol. The first kappa shape index (κ1) is 18.7. The molecule has 0 fully saturated rings. The maximum absolute atomic E-state index is 12.0. The fraction of sp³-hybridized carbons (Fsp3) is 0.350. The minimum Gasteiger partial charge on any atom is -0.481 e. The van der Waals surface area contributed by atoms with Crippen molar-refractivity contribution in [3.63, 3.8) is 0 Å². The molecule has 2 aromatic heterocycles. The second-order valence-electron chi connectivity index (χ2n) is 6.56. The maximum atomic E-state index is 12.0. The van der Waals surface area contributed by atoms with Gasteiger partial charge < -0.3 is 5.11 Å². The highest BCUT2D eigenvalue weighted by Crippen LogP contribution is 2.33. The molecule has 0 saturated heterocycles. The summed E-state index contributed by atoms with van der Waals surface area (Å²) in [6.07, 6.45) is 6.41. The number of aromatic nitrogens is 5. The highest BCUT2D eigenvalue weighted by atomic mass is 16.4. The largest absolute Gasteiger partial charge is 0.481 e. The van der Waals surface area contributed by atoms with Crippen LogP contribution in [0.25, 0.3) is 11.1 Å². The average molecular weight is 365 g/mol. The van der Waals surface area contributed by atoms with Gasteiger partial charge in [-0.05, 0) is 41.7 Å². The number of H-pyrrole nitrogens is 1. The van der Waals surface area contributed by atoms with E-state index in [0.29, 0.717) is 18.7 Å². The minimum absolute atomic E-state index is 0.351. The summed E-state index contributed by atoms with van der Waals surface area (Å²) >= 11 is 0. The van der Waals surface area contributed by atoms with E-state index in [1.54, 1.807) is 12.4 Å². The summed E-state index contributed by atoms with van der Waals surface area (Å²) in [4.78, 5) is 16.1. The highest BCUT2D eigenvalue weighted by molar-refractivity contribution is 5.72. The molecule has 2 atom stereocenters. The molecular formula is C20H23N5O2. The van der Waals surface area contributed by atoms with Gasteiger partial charge in [-0.15, -0.1) is 10.2 Å². The predicted molar refractivity (Wildman–Crippen MR) is 101 cm³/mol. The molecule has 0 radical (unpaired) electrons. The molecule has 7 heteroatoms. The van der Waals surface area contributed by atoms with Crippen LogP contribution >= 0.6 is 0 Å². The molecule has 0 bridgehead atoms. The zero-order valence-corrected chi connectivity index (χ0v) is 15.2. The Morgan fingerprint density at radius 2 is 1.96 bits per heavy atom. The zero-order chi connectivity index (χ0) is 19.1. The number of pyridine rings is 1. The van der Waals surface area contributed by atoms with E-state index in [1.807, 2.05) is 36.4 Å². The predicted octanol–water partition coefficient (Wildman–Crippen LogP) is 3.48. The van der Waals surface area contributed by atoms with E-state index in [1.165, 1.54) is 0 Å². The molecule has 2 N–H and O–H groups in total. The van der Waals surface area contributed by atoms with E-state index in [9.17, 15) is 9.90 Å². The van der Waals surface area contributed by atoms with Gasteiger partial charge >= 0.3 is 5.97 Å². The number of nitrogens with one attached hydrogen (secondary N) is 1. The van der Waals surface area contributed by atoms with E-state index in [4.69, 9.17) is 0 Å². The SMILES string of the molecule is CCCC[C@H](C(=O)O)[C@H](Cc1ccccc1-c1ccncc1)c1nn[nH]n1. The van der Waals surface area contributed by atoms with E-state index < -0.39 is 11.9 Å². The lowest BCUT2D eigenvalue weighted by molar-refractivity contribution is -0.143. The van der Waals surface area contributed by atoms with Gasteiger partial charge in [-0.1, -0.05) is 49.2 Å². The number of carbonyl (C=O) groups is 1. The molecule has 0 unspecified atom stereocenters. The molecule has 3 aromatic rings. The third-order valence-electron chi connectivity index (χ3n) is 4.81. The molecule has 1 aromatic carbocycles. The summed E-state index contributed by atoms with van der Waals surface area (Å²) in [7, 11) is 0. The molecule has 0 spiro atoms. The Kier molecular flexibility index (Phi) is 6.25. The van der Waals surface area contributed by atoms with Crippen molar-refractivity contribution in [1.82, 2.24) is 25.6 Å². The summed E-state index contributed by atoms with van der Waals surface area (Å²) in [5.41, 5.74) is 3.17. The minimum atomic E-state index is -0.820. The number of carboxylic acid groups (broad SMARTS) is 1. The fourth-order valence-electron chi connectivity index (χ4n) is 3.41. The molecule has 0 aliphatic carbocycles. The molecule has 3 rings (SSSR count). The highest BCUT2D eigenvalue weighted by Gasteiger charge is 2.32. The topological polar surface area (TPSA) is 105 Å². The number of aliphatic carboxylic acids is 1. The number of unbranched alkanes of at least 4 members (excludes halogenated alkanes) is 1. The zero-order valence-electron chi connectivity index (χ0n) is 15.2. The van der Waals surface area contributed by atoms with Crippen molar-refractivity contribution < 1.29 is 9.90 Å². The molecule has 0 aliphatic rings. The standard InChI is InChI=1S/C20H23N5O2/c1-2-3-7-17(20(26)27)18(19-22-24-25-23-19)13-15-6-4-5-8-16(15)14-9-11-21-12-10-14/h4-6,8-12,17-18H,2-3,7,13H2,1H3,(H,26,27)(H,22,23,24,25)/t17-,18-/m0/s1. The van der Waals surface area contributed by atoms with Crippen LogP contribution in [0.2, 0.25) is 0 Å². The number of carboxylic acids is 1. The Balaban J connectivity index is 1.97. The van der Waals surface area contributed by atoms with E-state index in [-0.39, 0.29) is 5.92 Å². The van der Waals surface area contributed by atoms with Gasteiger partial charge in [0.1, 0.15) is 0 Å². The lowest BCUT2D eigenvalue weighted by Crippen LogP contribution is -2.25. The van der Waals surface area contributed by atoms with Gasteiger partial charge in [0.05, 0.1) is 5.92 Å². The van der Waals surface area contributed by atoms with Gasteiger partial charge in [0.25, 0.3) is 0 Å². The van der Waals surface area contributed by atoms with Crippen molar-refractivity contribution in [3.05, 3.63) is 60.2 Å². The van der Waals surface area contributed by atoms with Crippen LogP contribution in [0.3, 0.4) is 0 Å². The van der Waals surface area contributed by atoms with Gasteiger partial charge in [-0.3, -0.25) is 9.78 Å². The van der Waals surface area contributed by atoms with Crippen LogP contribution in [-0.4, -0.2) is 36.7 Å². The molecule has 0 amide bonds. The number of aromatic amines is 1. The maximum Gasteiger partial charge on any atom is 0.307 e. The summed E-state index contributed by atoms with van der Waals surface area (Å²) in [6, 6.07) is 11.9. The number of benzene rings is 1. The summed E-state index contributed by atoms with van der Waals surface area (Å²) in [5.74, 6) is -1.29. The number of rotatable bonds is 9. The third-order valence-corrected chi connectivity index (χ3v) is 4.81. The molecule has 7 nitrogen and oxygen atoms in total. The van der Waals surface area contributed by atoms with E-state index in [0.717, 1.165) is 29.5 Å². The normalized spacial score (nSPS) is 13.2. The first-order valence-corrected chi connectivity index (χ1v) is 9.15. The smallest absolute Gasteiger partial charge is 0.307 e. The molecule has 140 valence electrons. The number of tetrazole rings is 1. The third kappa shape index (κ3) is 4.55. The van der Waals surface area contributed by atoms with Crippen molar-refractivity contribution in [2.75, 3.05) is 0 Å². The lowest BCUT2D eigenvalue weighted by atomic mass is 9.81. The van der Waals surface area contributed by atoms with Gasteiger partial charge in [0, 0.05) is 18.3 Å². The van der Waals surface area contributed by atoms with Gasteiger partial charge in [-0.25, -0.2) is 0 Å². The second kappa shape index (κ2) is 9.02. The van der Waals surface area contributed by atoms with Crippen molar-refractivity contribution in [2.45, 2.75) is 38.5 Å². The van der Waals surface area contributed by atoms with Crippen molar-refractivity contribution in [1.29, 1.82) is 0 Å². The number of hydrogen-bond donors (Lipinski definition) is 2. The van der Waals surface area contributed by atoms with Crippen LogP contribution in [0, 0.1) is 5.92 Å². The summed E-state index contributed by atoms with van der Waals surface area (Å²) in [6.45, 7) is 2.06. The average Bonchev–Trinajstić information content (AvgIpc) is 3.23. The van der Waals surface area contributed by atoms with Gasteiger partial charge in [0.2, 0.25) is 0 Å². The number of nitrogens with zero attached hydrogens (tertiary/aromatic N) is 4. The molecule has 2 heterocycles. The van der Waals surface area contributed by atoms with Crippen LogP contribution in [-0.2, 0) is 11.2 Å². The van der Waals surface area contributed by atoms with Crippen LogP contribution in [0.5, 0.6) is 0 Å². The Bertz CT molecular complexity index is 852. The Morgan fingerprint density at radius 3 is 2.63 bits per heavy atom. The van der Waals surface area contributed by atoms with Crippen LogP contribution < -0.4 is 0 Å². The van der Waals surface area contributed by atoms with Crippen molar-refractivity contribution in [2.24, 2.45) is 5.92 Å². The summed E-state index contributed by atoms with van der Waals surface area (Å²) in [5, 5.41) is 24.2. The van der Waals surface area contributed by atoms with Crippen molar-refractivity contribution >= 4 is 5.97 Å². The van der Waals surface area contributed by atoms with E-state index in [2.05, 4.69) is 32.5 Å². The molecule has 27 heavy (non-hydrogen) atoms. The molecule has 0 aliphatic heterocycles. The van der Waals surface area contributed by atoms with Crippen molar-refractivity contribution in [3.8, 4) is 11.1 Å². The quantitative estimate of drug-likeness (QED) is 0.601. The van der Waals surface area contributed by atoms with Gasteiger partial charge in [0.15, 0.2) is 5.82 Å².